The molecule has 4 aromatic carbocycles. The Morgan fingerprint density at radius 2 is 1.12 bits per heavy atom. The van der Waals surface area contributed by atoms with Crippen LogP contribution < -0.4 is 0 Å². The lowest BCUT2D eigenvalue weighted by Crippen LogP contribution is -2.50. The van der Waals surface area contributed by atoms with E-state index >= 15 is 0 Å². The summed E-state index contributed by atoms with van der Waals surface area (Å²) in [5.41, 5.74) is 5.15. The van der Waals surface area contributed by atoms with E-state index in [0.29, 0.717) is 38.3 Å². The average Bonchev–Trinajstić information content (AvgIpc) is 4.30. The summed E-state index contributed by atoms with van der Waals surface area (Å²) in [7, 11) is 0. The van der Waals surface area contributed by atoms with Gasteiger partial charge in [-0.2, -0.15) is 0 Å². The van der Waals surface area contributed by atoms with Crippen LogP contribution in [0.15, 0.2) is 109 Å². The number of aliphatic hydroxyl groups is 3. The van der Waals surface area contributed by atoms with Gasteiger partial charge in [0.15, 0.2) is 30.3 Å². The van der Waals surface area contributed by atoms with Gasteiger partial charge in [-0.25, -0.2) is 8.78 Å². The van der Waals surface area contributed by atoms with E-state index in [9.17, 15) is 28.9 Å². The zero-order valence-corrected chi connectivity index (χ0v) is 50.2. The van der Waals surface area contributed by atoms with E-state index in [-0.39, 0.29) is 32.4 Å². The van der Waals surface area contributed by atoms with Crippen molar-refractivity contribution in [2.24, 2.45) is 0 Å². The van der Waals surface area contributed by atoms with Crippen molar-refractivity contribution >= 4 is 96.4 Å². The predicted molar refractivity (Wildman–Crippen MR) is 323 cm³/mol. The van der Waals surface area contributed by atoms with Crippen LogP contribution in [0.1, 0.15) is 88.9 Å². The first-order valence-electron chi connectivity index (χ1n) is 24.6. The van der Waals surface area contributed by atoms with Crippen molar-refractivity contribution in [3.05, 3.63) is 158 Å². The van der Waals surface area contributed by atoms with Gasteiger partial charge in [0.2, 0.25) is 0 Å². The maximum Gasteiger partial charge on any atom is 0.254 e. The van der Waals surface area contributed by atoms with Crippen molar-refractivity contribution in [1.29, 1.82) is 0 Å². The third-order valence-electron chi connectivity index (χ3n) is 12.7. The number of carbonyl (C=O) groups excluding carboxylic acids is 1. The van der Waals surface area contributed by atoms with Gasteiger partial charge in [0.25, 0.3) is 5.91 Å². The van der Waals surface area contributed by atoms with Crippen LogP contribution in [0.5, 0.6) is 0 Å². The van der Waals surface area contributed by atoms with E-state index < -0.39 is 66.9 Å². The summed E-state index contributed by atoms with van der Waals surface area (Å²) in [6.45, 7) is 13.1. The second kappa shape index (κ2) is 27.9. The van der Waals surface area contributed by atoms with Crippen LogP contribution in [0.25, 0.3) is 20.9 Å². The lowest BCUT2D eigenvalue weighted by Gasteiger charge is -2.30. The van der Waals surface area contributed by atoms with E-state index in [1.54, 1.807) is 67.4 Å². The van der Waals surface area contributed by atoms with Crippen LogP contribution in [0.2, 0.25) is 0 Å². The van der Waals surface area contributed by atoms with Crippen LogP contribution in [0.3, 0.4) is 0 Å². The first kappa shape index (κ1) is 63.6. The topological polar surface area (TPSA) is 146 Å². The van der Waals surface area contributed by atoms with Crippen LogP contribution in [-0.4, -0.2) is 113 Å². The highest BCUT2D eigenvalue weighted by atomic mass is 127. The van der Waals surface area contributed by atoms with Crippen molar-refractivity contribution in [1.82, 2.24) is 4.90 Å². The highest BCUT2D eigenvalue weighted by molar-refractivity contribution is 14.1. The van der Waals surface area contributed by atoms with Crippen LogP contribution in [0.4, 0.5) is 8.78 Å². The Labute approximate surface area is 500 Å². The Morgan fingerprint density at radius 1 is 0.649 bits per heavy atom. The Bertz CT molecular complexity index is 2860. The fraction of sp³-hybridized carbons (Fsp3) is 0.431. The van der Waals surface area contributed by atoms with Crippen LogP contribution in [-0.2, 0) is 50.8 Å². The van der Waals surface area contributed by atoms with Gasteiger partial charge in [0.05, 0.1) is 13.2 Å². The molecule has 2 aromatic heterocycles. The summed E-state index contributed by atoms with van der Waals surface area (Å²) in [5.74, 6) is -2.28. The fourth-order valence-corrected chi connectivity index (χ4v) is 12.8. The van der Waals surface area contributed by atoms with Crippen molar-refractivity contribution in [3.63, 3.8) is 0 Å². The molecule has 7 heterocycles. The number of amides is 1. The number of benzene rings is 4. The number of carbonyl (C=O) groups is 1. The average molecular weight is 1440 g/mol. The van der Waals surface area contributed by atoms with E-state index in [4.69, 9.17) is 33.2 Å². The molecule has 1 amide bonds. The molecule has 6 aromatic rings. The monoisotopic (exact) mass is 1440 g/mol. The van der Waals surface area contributed by atoms with Gasteiger partial charge in [-0.05, 0) is 196 Å². The van der Waals surface area contributed by atoms with Crippen molar-refractivity contribution in [3.8, 4) is 20.9 Å². The Balaban J connectivity index is 0.000000191. The van der Waals surface area contributed by atoms with E-state index in [2.05, 4.69) is 104 Å². The summed E-state index contributed by atoms with van der Waals surface area (Å²) < 4.78 is 68.9. The lowest BCUT2D eigenvalue weighted by atomic mass is 9.97. The minimum atomic E-state index is -1.02. The molecular weight excluding hydrogens is 1370 g/mol. The second-order valence-corrected chi connectivity index (χ2v) is 24.9. The highest BCUT2D eigenvalue weighted by Crippen LogP contribution is 2.42. The third kappa shape index (κ3) is 15.9. The SMILES string of the molecule is C.C.CC.CC1(C)O[C@@H]2O[C@@H](C(=O)N3CCOCC3)[C@@H](O)[C@@H]2O1.CC1(C)O[C@@H]2O[C@@H](C(O)c3ccc(I)c(Cc4ccc(-c5ccc(F)cc5)s4)c3)[C@@H](O)[C@@H]2O1.Fc1ccc(-c2ccc(Cc3cc(I)ccc3I)s2)cc1. The summed E-state index contributed by atoms with van der Waals surface area (Å²) in [6.07, 6.45) is -5.73. The molecule has 0 bridgehead atoms. The number of halogens is 5. The predicted octanol–water partition coefficient (Wildman–Crippen LogP) is 12.8. The summed E-state index contributed by atoms with van der Waals surface area (Å²) in [4.78, 5) is 18.7. The highest BCUT2D eigenvalue weighted by Gasteiger charge is 2.58. The molecule has 418 valence electrons. The molecular formula is C58H68F2I3NO11S2. The molecule has 5 aliphatic heterocycles. The molecule has 5 aliphatic rings. The lowest BCUT2D eigenvalue weighted by molar-refractivity contribution is -0.226. The third-order valence-corrected chi connectivity index (χ3v) is 17.7. The van der Waals surface area contributed by atoms with Gasteiger partial charge in [-0.3, -0.25) is 4.79 Å². The second-order valence-electron chi connectivity index (χ2n) is 18.9. The Kier molecular flexibility index (Phi) is 23.0. The van der Waals surface area contributed by atoms with Crippen molar-refractivity contribution in [2.45, 2.75) is 136 Å². The number of morpholine rings is 1. The molecule has 5 fully saturated rings. The summed E-state index contributed by atoms with van der Waals surface area (Å²) >= 11 is 10.5. The maximum absolute atomic E-state index is 13.2. The molecule has 9 atom stereocenters. The molecule has 77 heavy (non-hydrogen) atoms. The van der Waals surface area contributed by atoms with Gasteiger partial charge in [0.1, 0.15) is 48.3 Å². The number of hydrogen-bond donors (Lipinski definition) is 3. The van der Waals surface area contributed by atoms with Gasteiger partial charge in [0, 0.05) is 56.2 Å². The minimum Gasteiger partial charge on any atom is -0.387 e. The maximum atomic E-state index is 13.2. The molecule has 0 radical (unpaired) electrons. The Hall–Kier alpha value is -2.60. The fourth-order valence-electron chi connectivity index (χ4n) is 9.08. The number of ether oxygens (including phenoxy) is 7. The largest absolute Gasteiger partial charge is 0.387 e. The number of thiophene rings is 2. The minimum absolute atomic E-state index is 0. The van der Waals surface area contributed by atoms with Crippen LogP contribution in [0, 0.1) is 22.3 Å². The first-order chi connectivity index (χ1) is 35.8. The van der Waals surface area contributed by atoms with Gasteiger partial charge in [-0.15, -0.1) is 22.7 Å². The molecule has 0 spiro atoms. The first-order valence-corrected chi connectivity index (χ1v) is 29.5. The number of nitrogens with zero attached hydrogens (tertiary/aromatic N) is 1. The standard InChI is InChI=1S/C25H24FIO5S.C17H11FI2S.C12H19NO6.C2H6.2CH4/c1-25(2)31-23-21(29)22(30-24(23)32-25)20(28)14-5-9-18(27)15(11-14)12-17-8-10-19(33-17)13-3-6-16(26)7-4-13;18-13-3-1-11(2-4-13)17-8-6-15(21-17)10-12-9-14(19)5-7-16(12)20;1-12(2)18-9-7(14)8(17-11(9)19-12)10(15)13-3-5-16-6-4-13;1-2;;/h3-11,20-24,28-29H,12H2,1-2H3;1-9H,10H2;7-9,11,14H,3-6H2,1-2H3;1-2H3;2*1H4/t20?,21-,22+,23+,24+;;7-,8-,9+,11+;;;/m1.1.../s1. The molecule has 19 heteroatoms. The van der Waals surface area contributed by atoms with Gasteiger partial charge < -0.3 is 53.4 Å². The number of aliphatic hydroxyl groups excluding tert-OH is 3. The van der Waals surface area contributed by atoms with Crippen LogP contribution >= 0.6 is 90.4 Å². The molecule has 0 saturated carbocycles. The Morgan fingerprint density at radius 3 is 1.61 bits per heavy atom. The number of hydrogen-bond acceptors (Lipinski definition) is 13. The van der Waals surface area contributed by atoms with Crippen molar-refractivity contribution in [2.75, 3.05) is 26.3 Å². The molecule has 12 nitrogen and oxygen atoms in total. The molecule has 3 N–H and O–H groups in total. The van der Waals surface area contributed by atoms with Crippen molar-refractivity contribution < 1.29 is 62.1 Å². The molecule has 5 saturated heterocycles. The normalized spacial score (nSPS) is 24.8. The number of rotatable bonds is 9. The smallest absolute Gasteiger partial charge is 0.254 e. The summed E-state index contributed by atoms with van der Waals surface area (Å²) in [6, 6.07) is 33.9. The van der Waals surface area contributed by atoms with Gasteiger partial charge >= 0.3 is 0 Å². The zero-order valence-electron chi connectivity index (χ0n) is 42.1. The molecule has 11 rings (SSSR count). The summed E-state index contributed by atoms with van der Waals surface area (Å²) in [5, 5.41) is 31.9. The van der Waals surface area contributed by atoms with E-state index in [1.807, 2.05) is 50.2 Å². The molecule has 1 unspecified atom stereocenters. The van der Waals surface area contributed by atoms with E-state index in [0.717, 1.165) is 36.4 Å². The molecule has 0 aliphatic carbocycles. The van der Waals surface area contributed by atoms with Gasteiger partial charge in [-0.1, -0.05) is 65.1 Å². The zero-order chi connectivity index (χ0) is 53.8. The quantitative estimate of drug-likeness (QED) is 0.119. The van der Waals surface area contributed by atoms with E-state index in [1.165, 1.54) is 46.7 Å². The number of fused-ring (bicyclic) bond motifs is 2.